The number of likely N-dealkylation sites (N-methyl/N-ethyl adjacent to an activating group) is 1. The van der Waals surface area contributed by atoms with Crippen LogP contribution in [0.1, 0.15) is 29.3 Å². The van der Waals surface area contributed by atoms with Crippen LogP contribution in [0.4, 0.5) is 15.8 Å². The maximum atomic E-state index is 13.3. The van der Waals surface area contributed by atoms with E-state index in [1.807, 2.05) is 18.7 Å². The predicted molar refractivity (Wildman–Crippen MR) is 113 cm³/mol. The van der Waals surface area contributed by atoms with Crippen molar-refractivity contribution in [2.24, 2.45) is 0 Å². The van der Waals surface area contributed by atoms with Gasteiger partial charge in [0.1, 0.15) is 5.82 Å². The van der Waals surface area contributed by atoms with Crippen LogP contribution in [-0.2, 0) is 9.59 Å². The number of benzene rings is 2. The number of halogens is 1. The second-order valence-corrected chi connectivity index (χ2v) is 7.18. The lowest BCUT2D eigenvalue weighted by atomic mass is 10.1. The molecule has 7 nitrogen and oxygen atoms in total. The quantitative estimate of drug-likeness (QED) is 0.680. The maximum Gasteiger partial charge on any atom is 0.255 e. The Bertz CT molecular complexity index is 963. The van der Waals surface area contributed by atoms with Gasteiger partial charge in [-0.15, -0.1) is 0 Å². The van der Waals surface area contributed by atoms with E-state index in [1.165, 1.54) is 18.2 Å². The first kappa shape index (κ1) is 21.4. The zero-order chi connectivity index (χ0) is 21.7. The van der Waals surface area contributed by atoms with Gasteiger partial charge in [-0.1, -0.05) is 19.1 Å². The molecular weight excluding hydrogens is 387 g/mol. The maximum absolute atomic E-state index is 13.3. The molecular formula is C22H25FN4O3. The van der Waals surface area contributed by atoms with Crippen LogP contribution >= 0.6 is 0 Å². The normalized spacial score (nSPS) is 16.6. The molecule has 1 saturated heterocycles. The Morgan fingerprint density at radius 3 is 2.73 bits per heavy atom. The van der Waals surface area contributed by atoms with Gasteiger partial charge in [0, 0.05) is 30.0 Å². The van der Waals surface area contributed by atoms with Gasteiger partial charge in [-0.25, -0.2) is 4.39 Å². The van der Waals surface area contributed by atoms with Crippen molar-refractivity contribution in [3.63, 3.8) is 0 Å². The van der Waals surface area contributed by atoms with Crippen molar-refractivity contribution in [3.8, 4) is 0 Å². The summed E-state index contributed by atoms with van der Waals surface area (Å²) in [6, 6.07) is 10.0. The van der Waals surface area contributed by atoms with E-state index in [4.69, 9.17) is 0 Å². The number of nitrogens with zero attached hydrogens (tertiary/aromatic N) is 1. The van der Waals surface area contributed by atoms with Gasteiger partial charge >= 0.3 is 0 Å². The first-order chi connectivity index (χ1) is 14.4. The van der Waals surface area contributed by atoms with Crippen LogP contribution in [-0.4, -0.2) is 48.3 Å². The molecule has 0 saturated carbocycles. The second-order valence-electron chi connectivity index (χ2n) is 7.18. The summed E-state index contributed by atoms with van der Waals surface area (Å²) in [5.74, 6) is -1.32. The van der Waals surface area contributed by atoms with Gasteiger partial charge in [-0.05, 0) is 49.4 Å². The van der Waals surface area contributed by atoms with Crippen molar-refractivity contribution >= 4 is 29.1 Å². The molecule has 3 rings (SSSR count). The van der Waals surface area contributed by atoms with E-state index < -0.39 is 17.8 Å². The molecule has 1 aliphatic heterocycles. The smallest absolute Gasteiger partial charge is 0.255 e. The number of hydrogen-bond acceptors (Lipinski definition) is 4. The number of rotatable bonds is 6. The van der Waals surface area contributed by atoms with Crippen molar-refractivity contribution in [1.82, 2.24) is 10.2 Å². The molecule has 30 heavy (non-hydrogen) atoms. The number of carbonyl (C=O) groups excluding carboxylic acids is 3. The fourth-order valence-electron chi connectivity index (χ4n) is 3.41. The average Bonchev–Trinajstić information content (AvgIpc) is 2.71. The van der Waals surface area contributed by atoms with E-state index >= 15 is 0 Å². The molecule has 2 aromatic rings. The molecule has 3 amide bonds. The summed E-state index contributed by atoms with van der Waals surface area (Å²) in [5.41, 5.74) is 1.94. The summed E-state index contributed by atoms with van der Waals surface area (Å²) in [6.45, 7) is 5.73. The minimum Gasteiger partial charge on any atom is -0.353 e. The van der Waals surface area contributed by atoms with Crippen LogP contribution < -0.4 is 16.0 Å². The minimum atomic E-state index is -0.511. The number of hydrogen-bond donors (Lipinski definition) is 3. The standard InChI is InChI=1S/C22H25FN4O3/c1-3-27-10-9-24-22(30)19(27)13-20(28)26-18-11-15(8-7-14(18)2)21(29)25-17-6-4-5-16(23)12-17/h4-8,11-12,19H,3,9-10,13H2,1-2H3,(H,24,30)(H,25,29)(H,26,28). The first-order valence-electron chi connectivity index (χ1n) is 9.86. The molecule has 2 aromatic carbocycles. The Hall–Kier alpha value is -3.26. The lowest BCUT2D eigenvalue weighted by Crippen LogP contribution is -2.56. The largest absolute Gasteiger partial charge is 0.353 e. The number of piperazine rings is 1. The lowest BCUT2D eigenvalue weighted by Gasteiger charge is -2.33. The van der Waals surface area contributed by atoms with Gasteiger partial charge < -0.3 is 16.0 Å². The fraction of sp³-hybridized carbons (Fsp3) is 0.318. The molecule has 1 fully saturated rings. The van der Waals surface area contributed by atoms with Crippen molar-refractivity contribution in [3.05, 3.63) is 59.4 Å². The van der Waals surface area contributed by atoms with Crippen molar-refractivity contribution in [2.75, 3.05) is 30.3 Å². The topological polar surface area (TPSA) is 90.5 Å². The molecule has 3 N–H and O–H groups in total. The monoisotopic (exact) mass is 412 g/mol. The summed E-state index contributed by atoms with van der Waals surface area (Å²) in [4.78, 5) is 39.2. The summed E-state index contributed by atoms with van der Waals surface area (Å²) < 4.78 is 13.3. The molecule has 0 bridgehead atoms. The number of carbonyl (C=O) groups is 3. The summed E-state index contributed by atoms with van der Waals surface area (Å²) >= 11 is 0. The van der Waals surface area contributed by atoms with Crippen LogP contribution in [0.15, 0.2) is 42.5 Å². The fourth-order valence-corrected chi connectivity index (χ4v) is 3.41. The molecule has 1 heterocycles. The molecule has 0 aromatic heterocycles. The second kappa shape index (κ2) is 9.49. The van der Waals surface area contributed by atoms with Crippen LogP contribution in [0.2, 0.25) is 0 Å². The van der Waals surface area contributed by atoms with Crippen LogP contribution in [0.3, 0.4) is 0 Å². The molecule has 8 heteroatoms. The average molecular weight is 412 g/mol. The van der Waals surface area contributed by atoms with E-state index in [0.717, 1.165) is 5.56 Å². The van der Waals surface area contributed by atoms with Crippen molar-refractivity contribution in [1.29, 1.82) is 0 Å². The van der Waals surface area contributed by atoms with Gasteiger partial charge in [-0.2, -0.15) is 0 Å². The highest BCUT2D eigenvalue weighted by atomic mass is 19.1. The van der Waals surface area contributed by atoms with E-state index in [1.54, 1.807) is 24.3 Å². The van der Waals surface area contributed by atoms with E-state index in [9.17, 15) is 18.8 Å². The van der Waals surface area contributed by atoms with E-state index in [-0.39, 0.29) is 18.2 Å². The van der Waals surface area contributed by atoms with Gasteiger partial charge in [-0.3, -0.25) is 19.3 Å². The summed E-state index contributed by atoms with van der Waals surface area (Å²) in [7, 11) is 0. The van der Waals surface area contributed by atoms with Gasteiger partial charge in [0.15, 0.2) is 0 Å². The minimum absolute atomic E-state index is 0.0266. The van der Waals surface area contributed by atoms with Crippen LogP contribution in [0.5, 0.6) is 0 Å². The molecule has 1 aliphatic rings. The SMILES string of the molecule is CCN1CCNC(=O)C1CC(=O)Nc1cc(C(=O)Nc2cccc(F)c2)ccc1C. The predicted octanol–water partition coefficient (Wildman–Crippen LogP) is 2.54. The summed E-state index contributed by atoms with van der Waals surface area (Å²) in [5, 5.41) is 8.23. The third-order valence-corrected chi connectivity index (χ3v) is 5.08. The first-order valence-corrected chi connectivity index (χ1v) is 9.86. The third kappa shape index (κ3) is 5.21. The van der Waals surface area contributed by atoms with Crippen molar-refractivity contribution in [2.45, 2.75) is 26.3 Å². The van der Waals surface area contributed by atoms with Crippen LogP contribution in [0.25, 0.3) is 0 Å². The molecule has 0 spiro atoms. The Morgan fingerprint density at radius 2 is 2.00 bits per heavy atom. The zero-order valence-electron chi connectivity index (χ0n) is 17.0. The van der Waals surface area contributed by atoms with Gasteiger partial charge in [0.25, 0.3) is 5.91 Å². The van der Waals surface area contributed by atoms with Crippen LogP contribution in [0, 0.1) is 12.7 Å². The molecule has 1 atom stereocenters. The lowest BCUT2D eigenvalue weighted by molar-refractivity contribution is -0.132. The highest BCUT2D eigenvalue weighted by Gasteiger charge is 2.30. The molecule has 0 radical (unpaired) electrons. The molecule has 1 unspecified atom stereocenters. The Morgan fingerprint density at radius 1 is 1.20 bits per heavy atom. The zero-order valence-corrected chi connectivity index (χ0v) is 17.0. The highest BCUT2D eigenvalue weighted by molar-refractivity contribution is 6.05. The molecule has 158 valence electrons. The summed E-state index contributed by atoms with van der Waals surface area (Å²) in [6.07, 6.45) is 0.0266. The number of aryl methyl sites for hydroxylation is 1. The Kier molecular flexibility index (Phi) is 6.79. The Balaban J connectivity index is 1.69. The number of anilines is 2. The Labute approximate surface area is 174 Å². The third-order valence-electron chi connectivity index (χ3n) is 5.08. The van der Waals surface area contributed by atoms with Crippen molar-refractivity contribution < 1.29 is 18.8 Å². The highest BCUT2D eigenvalue weighted by Crippen LogP contribution is 2.20. The number of amides is 3. The number of nitrogens with one attached hydrogen (secondary N) is 3. The van der Waals surface area contributed by atoms with E-state index in [2.05, 4.69) is 16.0 Å². The molecule has 0 aliphatic carbocycles. The van der Waals surface area contributed by atoms with Gasteiger partial charge in [0.2, 0.25) is 11.8 Å². The van der Waals surface area contributed by atoms with E-state index in [0.29, 0.717) is 36.6 Å². The van der Waals surface area contributed by atoms with Gasteiger partial charge in [0.05, 0.1) is 12.5 Å².